The summed E-state index contributed by atoms with van der Waals surface area (Å²) in [5, 5.41) is 12.8. The fourth-order valence-electron chi connectivity index (χ4n) is 0.643. The van der Waals surface area contributed by atoms with E-state index in [0.717, 1.165) is 13.1 Å². The van der Waals surface area contributed by atoms with Gasteiger partial charge in [0.15, 0.2) is 0 Å². The summed E-state index contributed by atoms with van der Waals surface area (Å²) in [6.45, 7) is 3.17. The predicted molar refractivity (Wildman–Crippen MR) is 32.2 cm³/mol. The summed E-state index contributed by atoms with van der Waals surface area (Å²) in [4.78, 5) is 3.94. The van der Waals surface area contributed by atoms with Crippen molar-refractivity contribution >= 4 is 5.84 Å². The van der Waals surface area contributed by atoms with E-state index in [9.17, 15) is 0 Å². The zero-order valence-corrected chi connectivity index (χ0v) is 7.83. The first-order valence-electron chi connectivity index (χ1n) is 2.70. The minimum Gasteiger partial charge on any atom is -0.467 e. The molecule has 1 aliphatic rings. The van der Waals surface area contributed by atoms with Crippen LogP contribution in [0.2, 0.25) is 0 Å². The second-order valence-corrected chi connectivity index (χ2v) is 1.80. The number of aliphatic imine (C=N–C) groups is 1. The molecule has 46 valence electrons. The van der Waals surface area contributed by atoms with Crippen molar-refractivity contribution in [3.63, 3.8) is 0 Å². The van der Waals surface area contributed by atoms with Crippen LogP contribution >= 0.6 is 0 Å². The van der Waals surface area contributed by atoms with Gasteiger partial charge in [-0.2, -0.15) is 0 Å². The molecule has 0 saturated carbocycles. The van der Waals surface area contributed by atoms with Crippen molar-refractivity contribution in [2.24, 2.45) is 4.99 Å². The third-order valence-corrected chi connectivity index (χ3v) is 1.02. The molecule has 1 N–H and O–H groups in total. The molecule has 0 radical (unpaired) electrons. The Balaban J connectivity index is 0.000000640. The van der Waals surface area contributed by atoms with Crippen molar-refractivity contribution in [2.75, 3.05) is 13.1 Å². The third-order valence-electron chi connectivity index (χ3n) is 1.02. The number of aliphatic hydroxyl groups excluding tert-OH is 1. The second-order valence-electron chi connectivity index (χ2n) is 1.80. The Bertz CT molecular complexity index is 114. The summed E-state index contributed by atoms with van der Waals surface area (Å²) in [6.07, 6.45) is -0.475. The largest absolute Gasteiger partial charge is 1.00 e. The SMILES string of the molecule is CC(O)C1=NCC[N-]1.[Na+]. The van der Waals surface area contributed by atoms with Crippen molar-refractivity contribution in [2.45, 2.75) is 13.0 Å². The Morgan fingerprint density at radius 2 is 2.44 bits per heavy atom. The average Bonchev–Trinajstić information content (AvgIpc) is 2.12. The van der Waals surface area contributed by atoms with Crippen LogP contribution < -0.4 is 29.6 Å². The van der Waals surface area contributed by atoms with Crippen LogP contribution in [0.25, 0.3) is 5.32 Å². The molecule has 0 aromatic heterocycles. The number of aliphatic hydroxyl groups is 1. The molecule has 1 aliphatic heterocycles. The van der Waals surface area contributed by atoms with E-state index in [-0.39, 0.29) is 29.6 Å². The van der Waals surface area contributed by atoms with Gasteiger partial charge in [0.25, 0.3) is 0 Å². The maximum Gasteiger partial charge on any atom is 1.00 e. The van der Waals surface area contributed by atoms with Crippen molar-refractivity contribution in [3.05, 3.63) is 5.32 Å². The number of rotatable bonds is 1. The van der Waals surface area contributed by atoms with Gasteiger partial charge in [-0.1, -0.05) is 18.9 Å². The zero-order valence-electron chi connectivity index (χ0n) is 5.83. The van der Waals surface area contributed by atoms with E-state index >= 15 is 0 Å². The molecule has 0 spiro atoms. The quantitative estimate of drug-likeness (QED) is 0.388. The van der Waals surface area contributed by atoms with E-state index in [1.165, 1.54) is 0 Å². The summed E-state index contributed by atoms with van der Waals surface area (Å²) in [5.41, 5.74) is 0. The van der Waals surface area contributed by atoms with Gasteiger partial charge < -0.3 is 15.4 Å². The van der Waals surface area contributed by atoms with Crippen LogP contribution in [0.15, 0.2) is 4.99 Å². The Kier molecular flexibility index (Phi) is 4.48. The van der Waals surface area contributed by atoms with E-state index in [1.807, 2.05) is 0 Å². The molecule has 0 fully saturated rings. The van der Waals surface area contributed by atoms with Crippen LogP contribution in [-0.4, -0.2) is 30.1 Å². The van der Waals surface area contributed by atoms with Gasteiger partial charge in [0.1, 0.15) is 0 Å². The van der Waals surface area contributed by atoms with Crippen molar-refractivity contribution in [1.82, 2.24) is 0 Å². The molecular formula is C5H9N2NaO. The third kappa shape index (κ3) is 2.67. The van der Waals surface area contributed by atoms with Gasteiger partial charge >= 0.3 is 29.6 Å². The maximum absolute atomic E-state index is 8.83. The molecule has 0 aromatic rings. The number of amidine groups is 1. The summed E-state index contributed by atoms with van der Waals surface area (Å²) < 4.78 is 0. The fraction of sp³-hybridized carbons (Fsp3) is 0.800. The molecule has 0 saturated heterocycles. The second kappa shape index (κ2) is 4.28. The average molecular weight is 136 g/mol. The Hall–Kier alpha value is 0.430. The molecule has 4 heteroatoms. The summed E-state index contributed by atoms with van der Waals surface area (Å²) in [7, 11) is 0. The van der Waals surface area contributed by atoms with Gasteiger partial charge in [-0.05, 0) is 6.92 Å². The predicted octanol–water partition coefficient (Wildman–Crippen LogP) is -2.84. The minimum atomic E-state index is -0.475. The topological polar surface area (TPSA) is 46.7 Å². The first-order valence-corrected chi connectivity index (χ1v) is 2.70. The molecule has 1 rings (SSSR count). The molecular weight excluding hydrogens is 127 g/mol. The minimum absolute atomic E-state index is 0. The molecule has 1 unspecified atom stereocenters. The maximum atomic E-state index is 8.83. The monoisotopic (exact) mass is 136 g/mol. The van der Waals surface area contributed by atoms with Crippen LogP contribution in [0.1, 0.15) is 6.92 Å². The summed E-state index contributed by atoms with van der Waals surface area (Å²) in [6, 6.07) is 0. The molecule has 1 atom stereocenters. The van der Waals surface area contributed by atoms with Crippen LogP contribution in [0.3, 0.4) is 0 Å². The Morgan fingerprint density at radius 1 is 1.78 bits per heavy atom. The van der Waals surface area contributed by atoms with Crippen LogP contribution in [0, 0.1) is 0 Å². The first kappa shape index (κ1) is 9.43. The van der Waals surface area contributed by atoms with Gasteiger partial charge in [0.2, 0.25) is 0 Å². The van der Waals surface area contributed by atoms with Gasteiger partial charge in [0, 0.05) is 0 Å². The molecule has 9 heavy (non-hydrogen) atoms. The van der Waals surface area contributed by atoms with E-state index in [4.69, 9.17) is 5.11 Å². The van der Waals surface area contributed by atoms with Crippen molar-refractivity contribution < 1.29 is 34.7 Å². The number of hydrogen-bond donors (Lipinski definition) is 1. The van der Waals surface area contributed by atoms with Crippen molar-refractivity contribution in [3.8, 4) is 0 Å². The first-order chi connectivity index (χ1) is 3.80. The normalized spacial score (nSPS) is 19.6. The van der Waals surface area contributed by atoms with Gasteiger partial charge in [0.05, 0.1) is 6.10 Å². The molecule has 0 bridgehead atoms. The van der Waals surface area contributed by atoms with E-state index in [0.29, 0.717) is 5.84 Å². The van der Waals surface area contributed by atoms with Crippen LogP contribution in [0.4, 0.5) is 0 Å². The van der Waals surface area contributed by atoms with Crippen LogP contribution in [-0.2, 0) is 0 Å². The van der Waals surface area contributed by atoms with Crippen LogP contribution in [0.5, 0.6) is 0 Å². The Morgan fingerprint density at radius 3 is 2.67 bits per heavy atom. The molecule has 0 aliphatic carbocycles. The molecule has 1 heterocycles. The standard InChI is InChI=1S/C5H9N2O.Na/c1-4(8)5-6-2-3-7-5;/h4,8H,2-3H2,1H3;/q-1;+1. The fourth-order valence-corrected chi connectivity index (χ4v) is 0.643. The molecule has 0 amide bonds. The Labute approximate surface area is 76.8 Å². The van der Waals surface area contributed by atoms with E-state index in [1.54, 1.807) is 6.92 Å². The van der Waals surface area contributed by atoms with E-state index in [2.05, 4.69) is 10.3 Å². The number of nitrogens with zero attached hydrogens (tertiary/aromatic N) is 2. The van der Waals surface area contributed by atoms with Gasteiger partial charge in [-0.25, -0.2) is 0 Å². The van der Waals surface area contributed by atoms with Gasteiger partial charge in [-0.15, -0.1) is 0 Å². The zero-order chi connectivity index (χ0) is 5.98. The van der Waals surface area contributed by atoms with E-state index < -0.39 is 6.10 Å². The summed E-state index contributed by atoms with van der Waals surface area (Å²) >= 11 is 0. The molecule has 0 aromatic carbocycles. The van der Waals surface area contributed by atoms with Gasteiger partial charge in [-0.3, -0.25) is 0 Å². The molecule has 3 nitrogen and oxygen atoms in total. The smallest absolute Gasteiger partial charge is 0.467 e. The summed E-state index contributed by atoms with van der Waals surface area (Å²) in [5.74, 6) is 0.602. The number of hydrogen-bond acceptors (Lipinski definition) is 2. The van der Waals surface area contributed by atoms with Crippen molar-refractivity contribution in [1.29, 1.82) is 0 Å².